The molecule has 0 aliphatic carbocycles. The van der Waals surface area contributed by atoms with Crippen molar-refractivity contribution in [2.75, 3.05) is 24.6 Å². The summed E-state index contributed by atoms with van der Waals surface area (Å²) in [4.78, 5) is 2.24. The molecule has 5 heteroatoms. The first kappa shape index (κ1) is 11.9. The lowest BCUT2D eigenvalue weighted by atomic mass is 10.1. The summed E-state index contributed by atoms with van der Waals surface area (Å²) in [6, 6.07) is 0.529. The molecule has 1 fully saturated rings. The highest BCUT2D eigenvalue weighted by Gasteiger charge is 2.30. The second kappa shape index (κ2) is 4.59. The molecule has 0 bridgehead atoms. The number of hydrogen-bond acceptors (Lipinski definition) is 4. The molecule has 1 aliphatic heterocycles. The first-order chi connectivity index (χ1) is 6.46. The van der Waals surface area contributed by atoms with Gasteiger partial charge in [-0.25, -0.2) is 8.42 Å². The lowest BCUT2D eigenvalue weighted by molar-refractivity contribution is 0.163. The van der Waals surface area contributed by atoms with Crippen LogP contribution in [0.2, 0.25) is 0 Å². The Morgan fingerprint density at radius 3 is 2.71 bits per heavy atom. The number of hydrogen-bond donors (Lipinski definition) is 1. The topological polar surface area (TPSA) is 63.4 Å². The Balaban J connectivity index is 2.58. The number of rotatable bonds is 3. The summed E-state index contributed by atoms with van der Waals surface area (Å²) in [5.74, 6) is 0.591. The summed E-state index contributed by atoms with van der Waals surface area (Å²) in [6.07, 6.45) is 0.935. The minimum Gasteiger partial charge on any atom is -0.330 e. The molecule has 1 rings (SSSR count). The van der Waals surface area contributed by atoms with Crippen LogP contribution in [0.1, 0.15) is 20.3 Å². The van der Waals surface area contributed by atoms with Crippen molar-refractivity contribution in [2.24, 2.45) is 5.73 Å². The van der Waals surface area contributed by atoms with Crippen molar-refractivity contribution in [3.8, 4) is 0 Å². The average molecular weight is 220 g/mol. The molecule has 14 heavy (non-hydrogen) atoms. The smallest absolute Gasteiger partial charge is 0.153 e. The Kier molecular flexibility index (Phi) is 3.92. The minimum absolute atomic E-state index is 0.135. The third kappa shape index (κ3) is 2.93. The normalized spacial score (nSPS) is 30.1. The van der Waals surface area contributed by atoms with Gasteiger partial charge in [0.2, 0.25) is 0 Å². The van der Waals surface area contributed by atoms with Crippen LogP contribution in [0.3, 0.4) is 0 Å². The molecule has 2 atom stereocenters. The van der Waals surface area contributed by atoms with Crippen LogP contribution in [0.15, 0.2) is 0 Å². The van der Waals surface area contributed by atoms with Crippen molar-refractivity contribution < 1.29 is 8.42 Å². The standard InChI is InChI=1S/C9H20N2O2S/c1-8(3-4-10)11-5-6-14(12,13)7-9(11)2/h8-9H,3-7,10H2,1-2H3. The van der Waals surface area contributed by atoms with Crippen molar-refractivity contribution in [1.82, 2.24) is 4.90 Å². The molecule has 2 N–H and O–H groups in total. The van der Waals surface area contributed by atoms with Crippen LogP contribution in [0, 0.1) is 0 Å². The molecule has 0 amide bonds. The third-order valence-corrected chi connectivity index (χ3v) is 4.67. The maximum absolute atomic E-state index is 11.3. The fourth-order valence-electron chi connectivity index (χ4n) is 2.07. The summed E-state index contributed by atoms with van der Waals surface area (Å²) >= 11 is 0. The minimum atomic E-state index is -2.79. The van der Waals surface area contributed by atoms with Crippen LogP contribution >= 0.6 is 0 Å². The van der Waals surface area contributed by atoms with E-state index in [9.17, 15) is 8.42 Å². The molecule has 0 aromatic carbocycles. The zero-order valence-corrected chi connectivity index (χ0v) is 9.76. The largest absolute Gasteiger partial charge is 0.330 e. The van der Waals surface area contributed by atoms with Crippen LogP contribution in [-0.4, -0.2) is 50.0 Å². The van der Waals surface area contributed by atoms with Gasteiger partial charge in [-0.1, -0.05) is 0 Å². The molecule has 1 saturated heterocycles. The van der Waals surface area contributed by atoms with E-state index < -0.39 is 9.84 Å². The van der Waals surface area contributed by atoms with Crippen LogP contribution < -0.4 is 5.73 Å². The van der Waals surface area contributed by atoms with Crippen LogP contribution in [0.5, 0.6) is 0 Å². The van der Waals surface area contributed by atoms with Gasteiger partial charge in [0.1, 0.15) is 0 Å². The second-order valence-electron chi connectivity index (χ2n) is 4.13. The van der Waals surface area contributed by atoms with E-state index in [2.05, 4.69) is 11.8 Å². The van der Waals surface area contributed by atoms with E-state index >= 15 is 0 Å². The van der Waals surface area contributed by atoms with E-state index in [-0.39, 0.29) is 6.04 Å². The first-order valence-electron chi connectivity index (χ1n) is 5.12. The predicted octanol–water partition coefficient (Wildman–Crippen LogP) is -0.157. The number of nitrogens with zero attached hydrogens (tertiary/aromatic N) is 1. The molecule has 0 spiro atoms. The summed E-state index contributed by atoms with van der Waals surface area (Å²) in [5.41, 5.74) is 5.49. The molecule has 0 radical (unpaired) electrons. The molecule has 0 saturated carbocycles. The van der Waals surface area contributed by atoms with Crippen LogP contribution in [0.4, 0.5) is 0 Å². The summed E-state index contributed by atoms with van der Waals surface area (Å²) in [5, 5.41) is 0. The van der Waals surface area contributed by atoms with Gasteiger partial charge in [-0.3, -0.25) is 4.90 Å². The quantitative estimate of drug-likeness (QED) is 0.718. The monoisotopic (exact) mass is 220 g/mol. The molecule has 0 aromatic rings. The number of sulfone groups is 1. The molecule has 1 heterocycles. The van der Waals surface area contributed by atoms with Crippen molar-refractivity contribution in [2.45, 2.75) is 32.4 Å². The molecular formula is C9H20N2O2S. The van der Waals surface area contributed by atoms with Crippen molar-refractivity contribution in [3.05, 3.63) is 0 Å². The third-order valence-electron chi connectivity index (χ3n) is 2.87. The predicted molar refractivity (Wildman–Crippen MR) is 58.0 cm³/mol. The van der Waals surface area contributed by atoms with Gasteiger partial charge in [0.25, 0.3) is 0 Å². The Morgan fingerprint density at radius 2 is 2.21 bits per heavy atom. The Labute approximate surface area is 86.4 Å². The zero-order valence-electron chi connectivity index (χ0n) is 8.94. The van der Waals surface area contributed by atoms with Gasteiger partial charge in [0.15, 0.2) is 9.84 Å². The number of nitrogens with two attached hydrogens (primary N) is 1. The highest BCUT2D eigenvalue weighted by Crippen LogP contribution is 2.15. The maximum Gasteiger partial charge on any atom is 0.153 e. The van der Waals surface area contributed by atoms with Gasteiger partial charge in [0, 0.05) is 18.6 Å². The average Bonchev–Trinajstić information content (AvgIpc) is 2.02. The van der Waals surface area contributed by atoms with Gasteiger partial charge in [0.05, 0.1) is 11.5 Å². The van der Waals surface area contributed by atoms with Gasteiger partial charge in [-0.05, 0) is 26.8 Å². The van der Waals surface area contributed by atoms with Gasteiger partial charge in [-0.2, -0.15) is 0 Å². The summed E-state index contributed by atoms with van der Waals surface area (Å²) in [7, 11) is -2.79. The molecule has 2 unspecified atom stereocenters. The molecule has 4 nitrogen and oxygen atoms in total. The Morgan fingerprint density at radius 1 is 1.57 bits per heavy atom. The van der Waals surface area contributed by atoms with Gasteiger partial charge < -0.3 is 5.73 Å². The van der Waals surface area contributed by atoms with E-state index in [1.165, 1.54) is 0 Å². The summed E-state index contributed by atoms with van der Waals surface area (Å²) < 4.78 is 22.7. The molecular weight excluding hydrogens is 200 g/mol. The molecule has 84 valence electrons. The maximum atomic E-state index is 11.3. The first-order valence-corrected chi connectivity index (χ1v) is 6.94. The van der Waals surface area contributed by atoms with Crippen molar-refractivity contribution >= 4 is 9.84 Å². The molecule has 0 aromatic heterocycles. The van der Waals surface area contributed by atoms with Crippen LogP contribution in [-0.2, 0) is 9.84 Å². The van der Waals surface area contributed by atoms with Crippen LogP contribution in [0.25, 0.3) is 0 Å². The van der Waals surface area contributed by atoms with Gasteiger partial charge >= 0.3 is 0 Å². The van der Waals surface area contributed by atoms with Gasteiger partial charge in [-0.15, -0.1) is 0 Å². The fraction of sp³-hybridized carbons (Fsp3) is 1.00. The zero-order chi connectivity index (χ0) is 10.8. The Bertz CT molecular complexity index is 277. The van der Waals surface area contributed by atoms with Crippen molar-refractivity contribution in [1.29, 1.82) is 0 Å². The van der Waals surface area contributed by atoms with E-state index in [1.807, 2.05) is 6.92 Å². The second-order valence-corrected chi connectivity index (χ2v) is 6.36. The van der Waals surface area contributed by atoms with Crippen molar-refractivity contribution in [3.63, 3.8) is 0 Å². The lowest BCUT2D eigenvalue weighted by Gasteiger charge is -2.37. The highest BCUT2D eigenvalue weighted by atomic mass is 32.2. The SMILES string of the molecule is CC(CCN)N1CCS(=O)(=O)CC1C. The highest BCUT2D eigenvalue weighted by molar-refractivity contribution is 7.91. The van der Waals surface area contributed by atoms with E-state index in [1.54, 1.807) is 0 Å². The lowest BCUT2D eigenvalue weighted by Crippen LogP contribution is -2.51. The molecule has 1 aliphatic rings. The van der Waals surface area contributed by atoms with E-state index in [4.69, 9.17) is 5.73 Å². The summed E-state index contributed by atoms with van der Waals surface area (Å²) in [6.45, 7) is 5.41. The van der Waals surface area contributed by atoms with E-state index in [0.717, 1.165) is 6.42 Å². The fourth-order valence-corrected chi connectivity index (χ4v) is 3.66. The van der Waals surface area contributed by atoms with E-state index in [0.29, 0.717) is 30.6 Å². The Hall–Kier alpha value is -0.130.